The van der Waals surface area contributed by atoms with Crippen LogP contribution < -0.4 is 5.73 Å². The molecule has 0 radical (unpaired) electrons. The zero-order chi connectivity index (χ0) is 12.3. The predicted molar refractivity (Wildman–Crippen MR) is 65.6 cm³/mol. The van der Waals surface area contributed by atoms with Crippen LogP contribution in [0.4, 0.5) is 0 Å². The number of hydrogen-bond acceptors (Lipinski definition) is 7. The first kappa shape index (κ1) is 12.2. The van der Waals surface area contributed by atoms with Crippen LogP contribution in [0.3, 0.4) is 0 Å². The maximum Gasteiger partial charge on any atom is 0.277 e. The zero-order valence-electron chi connectivity index (χ0n) is 9.88. The Morgan fingerprint density at radius 2 is 2.24 bits per heavy atom. The Hall–Kier alpha value is -1.31. The molecule has 0 bridgehead atoms. The second-order valence-corrected chi connectivity index (χ2v) is 4.86. The van der Waals surface area contributed by atoms with Crippen LogP contribution in [-0.4, -0.2) is 40.7 Å². The van der Waals surface area contributed by atoms with Crippen molar-refractivity contribution in [3.05, 3.63) is 16.2 Å². The van der Waals surface area contributed by atoms with Crippen molar-refractivity contribution < 1.29 is 4.52 Å². The van der Waals surface area contributed by atoms with E-state index in [-0.39, 0.29) is 0 Å². The van der Waals surface area contributed by atoms with E-state index < -0.39 is 0 Å². The van der Waals surface area contributed by atoms with Crippen LogP contribution in [0.2, 0.25) is 0 Å². The third-order valence-electron chi connectivity index (χ3n) is 2.05. The van der Waals surface area contributed by atoms with Gasteiger partial charge < -0.3 is 15.2 Å². The summed E-state index contributed by atoms with van der Waals surface area (Å²) >= 11 is 1.56. The topological polar surface area (TPSA) is 81.1 Å². The Morgan fingerprint density at radius 3 is 2.94 bits per heavy atom. The van der Waals surface area contributed by atoms with Crippen LogP contribution >= 0.6 is 11.3 Å². The van der Waals surface area contributed by atoms with Gasteiger partial charge in [-0.25, -0.2) is 4.98 Å². The van der Waals surface area contributed by atoms with E-state index in [9.17, 15) is 0 Å². The van der Waals surface area contributed by atoms with E-state index in [0.29, 0.717) is 24.8 Å². The first-order chi connectivity index (χ1) is 8.19. The molecule has 0 aliphatic heterocycles. The minimum Gasteiger partial charge on any atom is -0.332 e. The first-order valence-electron chi connectivity index (χ1n) is 5.31. The Labute approximate surface area is 103 Å². The van der Waals surface area contributed by atoms with E-state index in [0.717, 1.165) is 17.1 Å². The molecule has 2 N–H and O–H groups in total. The Bertz CT molecular complexity index is 479. The van der Waals surface area contributed by atoms with Crippen LogP contribution in [0.1, 0.15) is 10.8 Å². The molecule has 92 valence electrons. The van der Waals surface area contributed by atoms with Gasteiger partial charge in [-0.05, 0) is 20.6 Å². The van der Waals surface area contributed by atoms with Gasteiger partial charge in [0.05, 0.1) is 11.6 Å². The van der Waals surface area contributed by atoms with Gasteiger partial charge in [0.2, 0.25) is 0 Å². The molecular formula is C10H15N5OS. The Morgan fingerprint density at radius 1 is 1.41 bits per heavy atom. The van der Waals surface area contributed by atoms with Crippen molar-refractivity contribution >= 4 is 11.3 Å². The summed E-state index contributed by atoms with van der Waals surface area (Å²) in [5.74, 6) is 1.14. The van der Waals surface area contributed by atoms with E-state index in [4.69, 9.17) is 10.3 Å². The third kappa shape index (κ3) is 3.09. The highest BCUT2D eigenvalue weighted by molar-refractivity contribution is 7.09. The summed E-state index contributed by atoms with van der Waals surface area (Å²) in [5, 5.41) is 6.81. The molecule has 0 aromatic carbocycles. The van der Waals surface area contributed by atoms with E-state index in [1.54, 1.807) is 11.3 Å². The van der Waals surface area contributed by atoms with Gasteiger partial charge in [0.15, 0.2) is 5.82 Å². The van der Waals surface area contributed by atoms with Gasteiger partial charge in [-0.2, -0.15) is 4.98 Å². The molecule has 0 saturated heterocycles. The highest BCUT2D eigenvalue weighted by Crippen LogP contribution is 2.20. The quantitative estimate of drug-likeness (QED) is 0.847. The minimum atomic E-state index is 0.473. The highest BCUT2D eigenvalue weighted by atomic mass is 32.1. The molecule has 2 aromatic heterocycles. The maximum atomic E-state index is 5.48. The summed E-state index contributed by atoms with van der Waals surface area (Å²) in [6.45, 7) is 1.26. The van der Waals surface area contributed by atoms with Crippen molar-refractivity contribution in [2.24, 2.45) is 5.73 Å². The number of nitrogens with two attached hydrogens (primary N) is 1. The van der Waals surface area contributed by atoms with Gasteiger partial charge in [-0.3, -0.25) is 0 Å². The fourth-order valence-corrected chi connectivity index (χ4v) is 2.14. The molecule has 0 saturated carbocycles. The smallest absolute Gasteiger partial charge is 0.277 e. The van der Waals surface area contributed by atoms with Gasteiger partial charge >= 0.3 is 0 Å². The molecule has 6 nitrogen and oxygen atoms in total. The number of aromatic nitrogens is 3. The van der Waals surface area contributed by atoms with E-state index >= 15 is 0 Å². The number of nitrogens with zero attached hydrogens (tertiary/aromatic N) is 4. The van der Waals surface area contributed by atoms with Gasteiger partial charge in [0.25, 0.3) is 5.89 Å². The number of hydrogen-bond donors (Lipinski definition) is 1. The van der Waals surface area contributed by atoms with Crippen LogP contribution in [0.5, 0.6) is 0 Å². The van der Waals surface area contributed by atoms with Crippen molar-refractivity contribution in [3.63, 3.8) is 0 Å². The molecule has 0 amide bonds. The molecule has 0 unspecified atom stereocenters. The molecule has 7 heteroatoms. The summed E-state index contributed by atoms with van der Waals surface area (Å²) in [6.07, 6.45) is 0.781. The van der Waals surface area contributed by atoms with Crippen LogP contribution in [-0.2, 0) is 13.0 Å². The molecule has 0 aliphatic rings. The molecular weight excluding hydrogens is 238 g/mol. The van der Waals surface area contributed by atoms with Crippen molar-refractivity contribution in [3.8, 4) is 11.6 Å². The zero-order valence-corrected chi connectivity index (χ0v) is 10.7. The Balaban J connectivity index is 2.12. The van der Waals surface area contributed by atoms with E-state index in [1.165, 1.54) is 0 Å². The largest absolute Gasteiger partial charge is 0.332 e. The van der Waals surface area contributed by atoms with E-state index in [2.05, 4.69) is 15.1 Å². The summed E-state index contributed by atoms with van der Waals surface area (Å²) in [4.78, 5) is 10.7. The van der Waals surface area contributed by atoms with E-state index in [1.807, 2.05) is 24.4 Å². The molecule has 2 rings (SSSR count). The molecule has 2 aromatic rings. The van der Waals surface area contributed by atoms with Crippen LogP contribution in [0, 0.1) is 0 Å². The molecule has 0 spiro atoms. The minimum absolute atomic E-state index is 0.473. The molecule has 0 aliphatic carbocycles. The van der Waals surface area contributed by atoms with Crippen molar-refractivity contribution in [2.45, 2.75) is 13.0 Å². The monoisotopic (exact) mass is 253 g/mol. The van der Waals surface area contributed by atoms with Crippen LogP contribution in [0.25, 0.3) is 11.6 Å². The van der Waals surface area contributed by atoms with Crippen LogP contribution in [0.15, 0.2) is 9.90 Å². The normalized spacial score (nSPS) is 11.3. The second-order valence-electron chi connectivity index (χ2n) is 3.92. The lowest BCUT2D eigenvalue weighted by atomic mass is 10.4. The first-order valence-corrected chi connectivity index (χ1v) is 6.19. The van der Waals surface area contributed by atoms with Gasteiger partial charge in [-0.1, -0.05) is 5.16 Å². The number of rotatable bonds is 5. The SMILES string of the molecule is CN(C)Cc1noc(-c2csc(CCN)n2)n1. The Kier molecular flexibility index (Phi) is 3.82. The highest BCUT2D eigenvalue weighted by Gasteiger charge is 2.12. The average molecular weight is 253 g/mol. The summed E-state index contributed by atoms with van der Waals surface area (Å²) in [7, 11) is 3.91. The molecule has 0 atom stereocenters. The van der Waals surface area contributed by atoms with Crippen molar-refractivity contribution in [1.82, 2.24) is 20.0 Å². The summed E-state index contributed by atoms with van der Waals surface area (Å²) in [6, 6.07) is 0. The van der Waals surface area contributed by atoms with Gasteiger partial charge in [-0.15, -0.1) is 11.3 Å². The van der Waals surface area contributed by atoms with Gasteiger partial charge in [0, 0.05) is 11.8 Å². The third-order valence-corrected chi connectivity index (χ3v) is 2.96. The average Bonchev–Trinajstić information content (AvgIpc) is 2.86. The molecule has 0 fully saturated rings. The second kappa shape index (κ2) is 5.35. The summed E-state index contributed by atoms with van der Waals surface area (Å²) < 4.78 is 5.17. The maximum absolute atomic E-state index is 5.48. The fraction of sp³-hybridized carbons (Fsp3) is 0.500. The number of thiazole rings is 1. The fourth-order valence-electron chi connectivity index (χ4n) is 1.35. The lowest BCUT2D eigenvalue weighted by Gasteiger charge is -2.03. The standard InChI is InChI=1S/C10H15N5OS/c1-15(2)5-8-13-10(16-14-8)7-6-17-9(12-7)3-4-11/h6H,3-5,11H2,1-2H3. The molecule has 17 heavy (non-hydrogen) atoms. The molecule has 2 heterocycles. The van der Waals surface area contributed by atoms with Crippen molar-refractivity contribution in [2.75, 3.05) is 20.6 Å². The predicted octanol–water partition coefficient (Wildman–Crippen LogP) is 0.756. The van der Waals surface area contributed by atoms with Gasteiger partial charge in [0.1, 0.15) is 5.69 Å². The lowest BCUT2D eigenvalue weighted by Crippen LogP contribution is -2.11. The lowest BCUT2D eigenvalue weighted by molar-refractivity contribution is 0.365. The van der Waals surface area contributed by atoms with Crippen molar-refractivity contribution in [1.29, 1.82) is 0 Å². The summed E-state index contributed by atoms with van der Waals surface area (Å²) in [5.41, 5.74) is 6.21.